The molecular formula is C26H29ClN2O7. The number of carbonyl (C=O) groups is 3. The van der Waals surface area contributed by atoms with Gasteiger partial charge in [0, 0.05) is 22.6 Å². The van der Waals surface area contributed by atoms with Gasteiger partial charge in [0.05, 0.1) is 11.6 Å². The fraction of sp³-hybridized carbons (Fsp3) is 0.500. The van der Waals surface area contributed by atoms with Gasteiger partial charge < -0.3 is 26.2 Å². The molecule has 1 aliphatic heterocycles. The zero-order valence-corrected chi connectivity index (χ0v) is 20.8. The smallest absolute Gasteiger partial charge is 0.209 e. The first-order chi connectivity index (χ1) is 16.9. The van der Waals surface area contributed by atoms with E-state index in [9.17, 15) is 34.8 Å². The van der Waals surface area contributed by atoms with E-state index in [0.29, 0.717) is 10.6 Å². The van der Waals surface area contributed by atoms with Crippen molar-refractivity contribution in [3.8, 4) is 5.75 Å². The third kappa shape index (κ3) is 3.16. The molecule has 0 amide bonds. The number of nitrogens with zero attached hydrogens (tertiary/aromatic N) is 1. The van der Waals surface area contributed by atoms with Gasteiger partial charge >= 0.3 is 0 Å². The van der Waals surface area contributed by atoms with Crippen molar-refractivity contribution >= 4 is 29.0 Å². The lowest BCUT2D eigenvalue weighted by Gasteiger charge is -2.48. The number of Topliss-reactive ketones (excluding diaryl/α,β-unsaturated/α-hetero) is 3. The van der Waals surface area contributed by atoms with E-state index >= 15 is 0 Å². The van der Waals surface area contributed by atoms with E-state index in [0.717, 1.165) is 38.4 Å². The summed E-state index contributed by atoms with van der Waals surface area (Å²) >= 11 is 6.85. The fourth-order valence-electron chi connectivity index (χ4n) is 6.68. The summed E-state index contributed by atoms with van der Waals surface area (Å²) in [6.07, 6.45) is 2.00. The number of hydrogen-bond acceptors (Lipinski definition) is 9. The van der Waals surface area contributed by atoms with E-state index in [2.05, 4.69) is 4.90 Å². The van der Waals surface area contributed by atoms with Gasteiger partial charge in [-0.1, -0.05) is 18.5 Å². The predicted molar refractivity (Wildman–Crippen MR) is 130 cm³/mol. The minimum absolute atomic E-state index is 0.00654. The molecule has 4 aliphatic rings. The zero-order valence-electron chi connectivity index (χ0n) is 20.0. The molecule has 1 fully saturated rings. The Morgan fingerprint density at radius 1 is 1.28 bits per heavy atom. The van der Waals surface area contributed by atoms with Crippen molar-refractivity contribution in [3.63, 3.8) is 0 Å². The number of likely N-dealkylation sites (tertiary alicyclic amines) is 1. The van der Waals surface area contributed by atoms with E-state index in [-0.39, 0.29) is 35.8 Å². The summed E-state index contributed by atoms with van der Waals surface area (Å²) in [7, 11) is 0. The molecule has 36 heavy (non-hydrogen) atoms. The van der Waals surface area contributed by atoms with Gasteiger partial charge in [0.1, 0.15) is 22.8 Å². The lowest BCUT2D eigenvalue weighted by molar-refractivity contribution is -0.145. The van der Waals surface area contributed by atoms with Crippen LogP contribution in [0.15, 0.2) is 28.7 Å². The Morgan fingerprint density at radius 2 is 1.97 bits per heavy atom. The second-order valence-electron chi connectivity index (χ2n) is 10.2. The number of fused-ring (bicyclic) bond motifs is 3. The molecule has 1 aromatic rings. The molecular weight excluding hydrogens is 488 g/mol. The van der Waals surface area contributed by atoms with Gasteiger partial charge in [0.15, 0.2) is 17.2 Å². The van der Waals surface area contributed by atoms with Crippen molar-refractivity contribution < 1.29 is 34.8 Å². The minimum Gasteiger partial charge on any atom is -0.510 e. The molecule has 0 spiro atoms. The van der Waals surface area contributed by atoms with Crippen LogP contribution in [0.25, 0.3) is 0 Å². The molecule has 5 rings (SSSR count). The molecule has 5 atom stereocenters. The number of rotatable bonds is 3. The van der Waals surface area contributed by atoms with Crippen LogP contribution in [0, 0.1) is 11.8 Å². The first-order valence-electron chi connectivity index (χ1n) is 12.2. The van der Waals surface area contributed by atoms with E-state index in [1.807, 2.05) is 6.92 Å². The first-order valence-corrected chi connectivity index (χ1v) is 12.6. The number of aromatic hydroxyl groups is 1. The number of allylic oxidation sites excluding steroid dienone is 1. The maximum atomic E-state index is 13.6. The molecule has 0 bridgehead atoms. The van der Waals surface area contributed by atoms with Gasteiger partial charge in [-0.15, -0.1) is 0 Å². The summed E-state index contributed by atoms with van der Waals surface area (Å²) < 4.78 is 0. The Morgan fingerprint density at radius 3 is 2.61 bits per heavy atom. The maximum absolute atomic E-state index is 13.6. The third-order valence-corrected chi connectivity index (χ3v) is 8.90. The fourth-order valence-corrected chi connectivity index (χ4v) is 7.03. The monoisotopic (exact) mass is 516 g/mol. The Kier molecular flexibility index (Phi) is 5.83. The third-order valence-electron chi connectivity index (χ3n) is 8.45. The standard InChI is InChI=1S/C26H29ClN2O7/c1-3-29-6-4-5-15(29)12-9-16(31)19-13(20(12)27)7-11-8-14-21(28)23(33)17(10(2)30)24(34)26(14,36)25(35)18(11)22(19)32/h9,11,14-15,21,31,33,35-36H,3-8,28H2,1-2H3/t11-,14-,15?,21-,26+/m0/s1. The highest BCUT2D eigenvalue weighted by Crippen LogP contribution is 2.53. The van der Waals surface area contributed by atoms with Crippen LogP contribution < -0.4 is 5.73 Å². The number of benzene rings is 1. The largest absolute Gasteiger partial charge is 0.510 e. The molecule has 0 radical (unpaired) electrons. The molecule has 9 nitrogen and oxygen atoms in total. The number of hydrogen-bond donors (Lipinski definition) is 5. The van der Waals surface area contributed by atoms with Crippen molar-refractivity contribution in [1.82, 2.24) is 4.90 Å². The van der Waals surface area contributed by atoms with E-state index in [4.69, 9.17) is 17.3 Å². The molecule has 192 valence electrons. The van der Waals surface area contributed by atoms with Crippen LogP contribution in [0.4, 0.5) is 0 Å². The van der Waals surface area contributed by atoms with Gasteiger partial charge in [0.2, 0.25) is 5.78 Å². The first kappa shape index (κ1) is 25.0. The van der Waals surface area contributed by atoms with Crippen LogP contribution in [-0.2, 0) is 16.0 Å². The Bertz CT molecular complexity index is 1290. The van der Waals surface area contributed by atoms with Crippen molar-refractivity contribution in [2.24, 2.45) is 17.6 Å². The van der Waals surface area contributed by atoms with Crippen LogP contribution in [0.5, 0.6) is 5.75 Å². The van der Waals surface area contributed by atoms with Crippen molar-refractivity contribution in [1.29, 1.82) is 0 Å². The van der Waals surface area contributed by atoms with E-state index < -0.39 is 57.9 Å². The van der Waals surface area contributed by atoms with Gasteiger partial charge in [0.25, 0.3) is 0 Å². The molecule has 1 unspecified atom stereocenters. The Hall–Kier alpha value is -2.72. The van der Waals surface area contributed by atoms with E-state index in [1.165, 1.54) is 6.07 Å². The van der Waals surface area contributed by atoms with Crippen LogP contribution in [0.3, 0.4) is 0 Å². The summed E-state index contributed by atoms with van der Waals surface area (Å²) in [5, 5.41) is 44.4. The average Bonchev–Trinajstić information content (AvgIpc) is 3.30. The quantitative estimate of drug-likeness (QED) is 0.380. The average molecular weight is 517 g/mol. The van der Waals surface area contributed by atoms with Gasteiger partial charge in [-0.25, -0.2) is 0 Å². The summed E-state index contributed by atoms with van der Waals surface area (Å²) in [4.78, 5) is 41.1. The molecule has 0 saturated carbocycles. The van der Waals surface area contributed by atoms with E-state index in [1.54, 1.807) is 0 Å². The van der Waals surface area contributed by atoms with Crippen molar-refractivity contribution in [2.45, 2.75) is 57.2 Å². The molecule has 0 aromatic heterocycles. The Balaban J connectivity index is 1.66. The summed E-state index contributed by atoms with van der Waals surface area (Å²) in [5.74, 6) is -6.39. The normalized spacial score (nSPS) is 32.5. The summed E-state index contributed by atoms with van der Waals surface area (Å²) in [6.45, 7) is 4.81. The topological polar surface area (TPSA) is 161 Å². The summed E-state index contributed by atoms with van der Waals surface area (Å²) in [6, 6.07) is 0.192. The summed E-state index contributed by atoms with van der Waals surface area (Å²) in [5.41, 5.74) is 3.73. The number of nitrogens with two attached hydrogens (primary N) is 1. The lowest BCUT2D eigenvalue weighted by Crippen LogP contribution is -2.62. The van der Waals surface area contributed by atoms with Crippen LogP contribution >= 0.6 is 11.6 Å². The predicted octanol–water partition coefficient (Wildman–Crippen LogP) is 2.43. The molecule has 1 heterocycles. The second-order valence-corrected chi connectivity index (χ2v) is 10.6. The minimum atomic E-state index is -2.64. The number of phenolic OH excluding ortho intramolecular Hbond substituents is 1. The van der Waals surface area contributed by atoms with Crippen LogP contribution in [0.2, 0.25) is 5.02 Å². The maximum Gasteiger partial charge on any atom is 0.209 e. The second kappa shape index (κ2) is 8.41. The van der Waals surface area contributed by atoms with Gasteiger partial charge in [-0.3, -0.25) is 19.3 Å². The van der Waals surface area contributed by atoms with Crippen LogP contribution in [-0.4, -0.2) is 67.4 Å². The number of carbonyl (C=O) groups excluding carboxylic acids is 3. The lowest BCUT2D eigenvalue weighted by atomic mass is 9.58. The van der Waals surface area contributed by atoms with Gasteiger partial charge in [-0.2, -0.15) is 0 Å². The van der Waals surface area contributed by atoms with Crippen molar-refractivity contribution in [2.75, 3.05) is 13.1 Å². The Labute approximate surface area is 212 Å². The number of aliphatic hydroxyl groups excluding tert-OH is 2. The van der Waals surface area contributed by atoms with Gasteiger partial charge in [-0.05, 0) is 68.8 Å². The van der Waals surface area contributed by atoms with Crippen molar-refractivity contribution in [3.05, 3.63) is 50.4 Å². The molecule has 10 heteroatoms. The number of halogens is 1. The van der Waals surface area contributed by atoms with Crippen LogP contribution in [0.1, 0.15) is 60.6 Å². The molecule has 1 saturated heterocycles. The number of phenols is 1. The molecule has 3 aliphatic carbocycles. The number of aliphatic hydroxyl groups is 3. The highest BCUT2D eigenvalue weighted by molar-refractivity contribution is 6.33. The number of ketones is 3. The SMILES string of the molecule is CCN1CCCC1c1cc(O)c2c(c1Cl)C[C@H]1C[C@H]3[C@H](N)C(O)=C(C(C)=O)C(=O)[C@@]3(O)C(O)=C1C2=O. The highest BCUT2D eigenvalue weighted by atomic mass is 35.5. The zero-order chi connectivity index (χ0) is 26.3. The molecule has 6 N–H and O–H groups in total. The highest BCUT2D eigenvalue weighted by Gasteiger charge is 2.62. The molecule has 1 aromatic carbocycles.